The Kier molecular flexibility index (Phi) is 8.04. The molecule has 0 aliphatic heterocycles. The molecule has 0 radical (unpaired) electrons. The van der Waals surface area contributed by atoms with E-state index in [4.69, 9.17) is 11.6 Å². The average Bonchev–Trinajstić information content (AvgIpc) is 2.04. The summed E-state index contributed by atoms with van der Waals surface area (Å²) in [4.78, 5) is 0. The van der Waals surface area contributed by atoms with Crippen molar-refractivity contribution in [1.82, 2.24) is 5.32 Å². The summed E-state index contributed by atoms with van der Waals surface area (Å²) in [6.45, 7) is 6.68. The van der Waals surface area contributed by atoms with Gasteiger partial charge in [0.2, 0.25) is 0 Å². The first-order valence-electron chi connectivity index (χ1n) is 5.06. The first-order valence-corrected chi connectivity index (χ1v) is 5.60. The van der Waals surface area contributed by atoms with Gasteiger partial charge in [-0.25, -0.2) is 0 Å². The van der Waals surface area contributed by atoms with E-state index in [-0.39, 0.29) is 0 Å². The Hall–Kier alpha value is 0.250. The van der Waals surface area contributed by atoms with Gasteiger partial charge in [-0.1, -0.05) is 20.3 Å². The van der Waals surface area contributed by atoms with Crippen molar-refractivity contribution < 1.29 is 0 Å². The molecule has 2 atom stereocenters. The zero-order valence-corrected chi connectivity index (χ0v) is 9.32. The van der Waals surface area contributed by atoms with Crippen molar-refractivity contribution in [3.8, 4) is 0 Å². The van der Waals surface area contributed by atoms with Crippen LogP contribution in [0.3, 0.4) is 0 Å². The van der Waals surface area contributed by atoms with Gasteiger partial charge in [0.1, 0.15) is 0 Å². The van der Waals surface area contributed by atoms with E-state index in [1.54, 1.807) is 0 Å². The van der Waals surface area contributed by atoms with Gasteiger partial charge >= 0.3 is 0 Å². The molecule has 1 nitrogen and oxygen atoms in total. The summed E-state index contributed by atoms with van der Waals surface area (Å²) >= 11 is 5.70. The fourth-order valence-electron chi connectivity index (χ4n) is 1.46. The smallest absolute Gasteiger partial charge is 0.0238 e. The molecule has 0 saturated carbocycles. The minimum absolute atomic E-state index is 0.615. The van der Waals surface area contributed by atoms with E-state index in [0.717, 1.165) is 12.3 Å². The Balaban J connectivity index is 3.53. The highest BCUT2D eigenvalue weighted by atomic mass is 35.5. The summed E-state index contributed by atoms with van der Waals surface area (Å²) in [5.41, 5.74) is 0. The minimum Gasteiger partial charge on any atom is -0.311 e. The lowest BCUT2D eigenvalue weighted by molar-refractivity contribution is 0.408. The van der Waals surface area contributed by atoms with Crippen molar-refractivity contribution in [2.24, 2.45) is 0 Å². The van der Waals surface area contributed by atoms with Gasteiger partial charge in [-0.05, 0) is 26.2 Å². The SMILES string of the molecule is CCCC(C)NC(CC)CCCl. The lowest BCUT2D eigenvalue weighted by Crippen LogP contribution is -2.36. The third kappa shape index (κ3) is 5.84. The van der Waals surface area contributed by atoms with Gasteiger partial charge in [-0.2, -0.15) is 0 Å². The highest BCUT2D eigenvalue weighted by Gasteiger charge is 2.08. The second-order valence-corrected chi connectivity index (χ2v) is 3.82. The Morgan fingerprint density at radius 3 is 2.33 bits per heavy atom. The molecule has 0 bridgehead atoms. The van der Waals surface area contributed by atoms with Crippen LogP contribution in [0.4, 0.5) is 0 Å². The third-order valence-corrected chi connectivity index (χ3v) is 2.41. The van der Waals surface area contributed by atoms with Crippen LogP contribution < -0.4 is 5.32 Å². The molecule has 0 rings (SSSR count). The van der Waals surface area contributed by atoms with E-state index in [1.807, 2.05) is 0 Å². The molecule has 1 N–H and O–H groups in total. The molecule has 0 heterocycles. The van der Waals surface area contributed by atoms with Gasteiger partial charge < -0.3 is 5.32 Å². The zero-order valence-electron chi connectivity index (χ0n) is 8.57. The van der Waals surface area contributed by atoms with Crippen LogP contribution in [0, 0.1) is 0 Å². The molecule has 0 amide bonds. The highest BCUT2D eigenvalue weighted by Crippen LogP contribution is 2.03. The quantitative estimate of drug-likeness (QED) is 0.610. The van der Waals surface area contributed by atoms with Crippen molar-refractivity contribution in [1.29, 1.82) is 0 Å². The van der Waals surface area contributed by atoms with E-state index < -0.39 is 0 Å². The maximum atomic E-state index is 5.70. The summed E-state index contributed by atoms with van der Waals surface area (Å²) < 4.78 is 0. The average molecular weight is 192 g/mol. The van der Waals surface area contributed by atoms with Crippen LogP contribution >= 0.6 is 11.6 Å². The van der Waals surface area contributed by atoms with E-state index >= 15 is 0 Å². The molecule has 0 fully saturated rings. The highest BCUT2D eigenvalue weighted by molar-refractivity contribution is 6.17. The molecule has 0 aromatic carbocycles. The Morgan fingerprint density at radius 2 is 1.92 bits per heavy atom. The van der Waals surface area contributed by atoms with E-state index in [0.29, 0.717) is 12.1 Å². The zero-order chi connectivity index (χ0) is 9.40. The van der Waals surface area contributed by atoms with Crippen molar-refractivity contribution in [3.05, 3.63) is 0 Å². The molecule has 0 aliphatic rings. The maximum absolute atomic E-state index is 5.70. The summed E-state index contributed by atoms with van der Waals surface area (Å²) in [5.74, 6) is 0.768. The monoisotopic (exact) mass is 191 g/mol. The number of hydrogen-bond donors (Lipinski definition) is 1. The Bertz CT molecular complexity index is 95.8. The normalized spacial score (nSPS) is 16.0. The number of nitrogens with one attached hydrogen (secondary N) is 1. The summed E-state index contributed by atoms with van der Waals surface area (Å²) in [7, 11) is 0. The molecule has 0 spiro atoms. The minimum atomic E-state index is 0.615. The standard InChI is InChI=1S/C10H22ClN/c1-4-6-9(3)12-10(5-2)7-8-11/h9-10,12H,4-8H2,1-3H3. The lowest BCUT2D eigenvalue weighted by Gasteiger charge is -2.21. The topological polar surface area (TPSA) is 12.0 Å². The van der Waals surface area contributed by atoms with Crippen LogP contribution in [0.1, 0.15) is 46.5 Å². The molecule has 2 heteroatoms. The van der Waals surface area contributed by atoms with Crippen molar-refractivity contribution in [2.45, 2.75) is 58.5 Å². The fraction of sp³-hybridized carbons (Fsp3) is 1.00. The van der Waals surface area contributed by atoms with Gasteiger partial charge in [0, 0.05) is 18.0 Å². The van der Waals surface area contributed by atoms with Crippen LogP contribution in [0.2, 0.25) is 0 Å². The number of alkyl halides is 1. The number of halogens is 1. The predicted molar refractivity (Wildman–Crippen MR) is 56.9 cm³/mol. The number of hydrogen-bond acceptors (Lipinski definition) is 1. The molecule has 0 aromatic heterocycles. The van der Waals surface area contributed by atoms with Crippen LogP contribution in [0.15, 0.2) is 0 Å². The lowest BCUT2D eigenvalue weighted by atomic mass is 10.1. The van der Waals surface area contributed by atoms with Gasteiger partial charge in [0.15, 0.2) is 0 Å². The van der Waals surface area contributed by atoms with E-state index in [2.05, 4.69) is 26.1 Å². The second kappa shape index (κ2) is 7.88. The largest absolute Gasteiger partial charge is 0.311 e. The first-order chi connectivity index (χ1) is 5.74. The Morgan fingerprint density at radius 1 is 1.25 bits per heavy atom. The molecular formula is C10H22ClN. The van der Waals surface area contributed by atoms with Crippen molar-refractivity contribution in [2.75, 3.05) is 5.88 Å². The van der Waals surface area contributed by atoms with Crippen LogP contribution in [0.5, 0.6) is 0 Å². The van der Waals surface area contributed by atoms with Crippen molar-refractivity contribution in [3.63, 3.8) is 0 Å². The van der Waals surface area contributed by atoms with Gasteiger partial charge in [-0.15, -0.1) is 11.6 Å². The summed E-state index contributed by atoms with van der Waals surface area (Å²) in [6.07, 6.45) is 4.79. The second-order valence-electron chi connectivity index (χ2n) is 3.44. The van der Waals surface area contributed by atoms with Crippen LogP contribution in [-0.2, 0) is 0 Å². The number of rotatable bonds is 7. The summed E-state index contributed by atoms with van der Waals surface area (Å²) in [5, 5.41) is 3.58. The molecule has 0 aliphatic carbocycles. The molecular weight excluding hydrogens is 170 g/mol. The van der Waals surface area contributed by atoms with Gasteiger partial charge in [0.05, 0.1) is 0 Å². The summed E-state index contributed by atoms with van der Waals surface area (Å²) in [6, 6.07) is 1.26. The fourth-order valence-corrected chi connectivity index (χ4v) is 1.72. The molecule has 74 valence electrons. The van der Waals surface area contributed by atoms with Gasteiger partial charge in [0.25, 0.3) is 0 Å². The first kappa shape index (κ1) is 12.2. The predicted octanol–water partition coefficient (Wildman–Crippen LogP) is 3.17. The molecule has 0 saturated heterocycles. The van der Waals surface area contributed by atoms with Gasteiger partial charge in [-0.3, -0.25) is 0 Å². The van der Waals surface area contributed by atoms with E-state index in [9.17, 15) is 0 Å². The Labute approximate surface area is 81.9 Å². The molecule has 0 aromatic rings. The van der Waals surface area contributed by atoms with E-state index in [1.165, 1.54) is 19.3 Å². The third-order valence-electron chi connectivity index (χ3n) is 2.19. The van der Waals surface area contributed by atoms with Crippen LogP contribution in [-0.4, -0.2) is 18.0 Å². The van der Waals surface area contributed by atoms with Crippen LogP contribution in [0.25, 0.3) is 0 Å². The maximum Gasteiger partial charge on any atom is 0.0238 e. The molecule has 2 unspecified atom stereocenters. The molecule has 12 heavy (non-hydrogen) atoms. The van der Waals surface area contributed by atoms with Crippen molar-refractivity contribution >= 4 is 11.6 Å².